The van der Waals surface area contributed by atoms with Gasteiger partial charge in [0.15, 0.2) is 0 Å². The zero-order chi connectivity index (χ0) is 14.1. The lowest BCUT2D eigenvalue weighted by molar-refractivity contribution is 0.713. The van der Waals surface area contributed by atoms with Gasteiger partial charge in [0.2, 0.25) is 0 Å². The van der Waals surface area contributed by atoms with Crippen molar-refractivity contribution in [1.82, 2.24) is 0 Å². The predicted molar refractivity (Wildman–Crippen MR) is 86.6 cm³/mol. The van der Waals surface area contributed by atoms with E-state index in [4.69, 9.17) is 11.6 Å². The average Bonchev–Trinajstić information content (AvgIpc) is 3.24. The first-order valence-electron chi connectivity index (χ1n) is 7.40. The second-order valence-corrected chi connectivity index (χ2v) is 6.62. The quantitative estimate of drug-likeness (QED) is 0.672. The Labute approximate surface area is 126 Å². The molecule has 1 saturated carbocycles. The van der Waals surface area contributed by atoms with Crippen LogP contribution in [0.2, 0.25) is 0 Å². The number of aryl methyl sites for hydroxylation is 2. The Hall–Kier alpha value is -1.27. The van der Waals surface area contributed by atoms with E-state index in [0.29, 0.717) is 11.8 Å². The molecule has 0 aliphatic heterocycles. The number of rotatable bonds is 4. The van der Waals surface area contributed by atoms with Gasteiger partial charge in [0.25, 0.3) is 0 Å². The lowest BCUT2D eigenvalue weighted by Gasteiger charge is -2.11. The molecule has 3 unspecified atom stereocenters. The average molecular weight is 285 g/mol. The van der Waals surface area contributed by atoms with E-state index in [-0.39, 0.29) is 5.38 Å². The van der Waals surface area contributed by atoms with Crippen LogP contribution in [0.5, 0.6) is 0 Å². The van der Waals surface area contributed by atoms with Crippen LogP contribution in [0.25, 0.3) is 0 Å². The van der Waals surface area contributed by atoms with E-state index in [9.17, 15) is 0 Å². The molecule has 104 valence electrons. The predicted octanol–water partition coefficient (Wildman–Crippen LogP) is 5.26. The van der Waals surface area contributed by atoms with Gasteiger partial charge in [-0.05, 0) is 60.8 Å². The van der Waals surface area contributed by atoms with E-state index < -0.39 is 0 Å². The lowest BCUT2D eigenvalue weighted by atomic mass is 10.00. The van der Waals surface area contributed by atoms with Gasteiger partial charge >= 0.3 is 0 Å². The maximum absolute atomic E-state index is 6.65. The van der Waals surface area contributed by atoms with Gasteiger partial charge in [0, 0.05) is 5.38 Å². The molecule has 0 amide bonds. The van der Waals surface area contributed by atoms with Crippen molar-refractivity contribution in [2.75, 3.05) is 0 Å². The number of benzene rings is 2. The standard InChI is InChI=1S/C19H21Cl/c1-13-8-9-15(10-14(13)2)11-19(20)18-12-17(18)16-6-4-3-5-7-16/h3-10,17-19H,11-12H2,1-2H3. The first-order chi connectivity index (χ1) is 9.65. The van der Waals surface area contributed by atoms with Crippen molar-refractivity contribution in [3.05, 3.63) is 70.8 Å². The van der Waals surface area contributed by atoms with Crippen molar-refractivity contribution in [3.63, 3.8) is 0 Å². The number of halogens is 1. The zero-order valence-corrected chi connectivity index (χ0v) is 12.9. The van der Waals surface area contributed by atoms with E-state index in [1.165, 1.54) is 28.7 Å². The van der Waals surface area contributed by atoms with Gasteiger partial charge in [0.05, 0.1) is 0 Å². The highest BCUT2D eigenvalue weighted by molar-refractivity contribution is 6.21. The largest absolute Gasteiger partial charge is 0.122 e. The van der Waals surface area contributed by atoms with E-state index in [1.807, 2.05) is 0 Å². The van der Waals surface area contributed by atoms with Crippen LogP contribution in [0.3, 0.4) is 0 Å². The molecular weight excluding hydrogens is 264 g/mol. The normalized spacial score (nSPS) is 22.6. The molecule has 1 heteroatoms. The molecule has 0 saturated heterocycles. The highest BCUT2D eigenvalue weighted by atomic mass is 35.5. The van der Waals surface area contributed by atoms with Gasteiger partial charge in [-0.25, -0.2) is 0 Å². The third-order valence-electron chi connectivity index (χ3n) is 4.53. The second kappa shape index (κ2) is 5.61. The Balaban J connectivity index is 1.63. The lowest BCUT2D eigenvalue weighted by Crippen LogP contribution is -2.07. The van der Waals surface area contributed by atoms with Crippen LogP contribution in [-0.4, -0.2) is 5.38 Å². The summed E-state index contributed by atoms with van der Waals surface area (Å²) in [6, 6.07) is 17.5. The van der Waals surface area contributed by atoms with Gasteiger partial charge in [-0.2, -0.15) is 0 Å². The Morgan fingerprint density at radius 1 is 1.05 bits per heavy atom. The van der Waals surface area contributed by atoms with Gasteiger partial charge < -0.3 is 0 Å². The molecule has 0 aromatic heterocycles. The fourth-order valence-corrected chi connectivity index (χ4v) is 3.46. The molecule has 0 N–H and O–H groups in total. The SMILES string of the molecule is Cc1ccc(CC(Cl)C2CC2c2ccccc2)cc1C. The summed E-state index contributed by atoms with van der Waals surface area (Å²) in [5, 5.41) is 0.252. The molecular formula is C19H21Cl. The summed E-state index contributed by atoms with van der Waals surface area (Å²) in [7, 11) is 0. The summed E-state index contributed by atoms with van der Waals surface area (Å²) >= 11 is 6.65. The third-order valence-corrected chi connectivity index (χ3v) is 5.01. The molecule has 0 radical (unpaired) electrons. The Morgan fingerprint density at radius 2 is 1.80 bits per heavy atom. The summed E-state index contributed by atoms with van der Waals surface area (Å²) in [5.74, 6) is 1.31. The van der Waals surface area contributed by atoms with Crippen LogP contribution < -0.4 is 0 Å². The van der Waals surface area contributed by atoms with Crippen LogP contribution >= 0.6 is 11.6 Å². The first-order valence-corrected chi connectivity index (χ1v) is 7.84. The summed E-state index contributed by atoms with van der Waals surface area (Å²) in [5.41, 5.74) is 5.53. The summed E-state index contributed by atoms with van der Waals surface area (Å²) < 4.78 is 0. The van der Waals surface area contributed by atoms with Crippen molar-refractivity contribution in [2.45, 2.75) is 38.0 Å². The van der Waals surface area contributed by atoms with Crippen LogP contribution in [0.15, 0.2) is 48.5 Å². The topological polar surface area (TPSA) is 0 Å². The fourth-order valence-electron chi connectivity index (χ4n) is 3.00. The molecule has 20 heavy (non-hydrogen) atoms. The van der Waals surface area contributed by atoms with E-state index in [1.54, 1.807) is 0 Å². The molecule has 2 aromatic rings. The van der Waals surface area contributed by atoms with Crippen molar-refractivity contribution in [3.8, 4) is 0 Å². The van der Waals surface area contributed by atoms with E-state index in [2.05, 4.69) is 62.4 Å². The first kappa shape index (κ1) is 13.7. The second-order valence-electron chi connectivity index (χ2n) is 6.06. The molecule has 3 atom stereocenters. The fraction of sp³-hybridized carbons (Fsp3) is 0.368. The summed E-state index contributed by atoms with van der Waals surface area (Å²) in [4.78, 5) is 0. The van der Waals surface area contributed by atoms with Crippen molar-refractivity contribution in [2.24, 2.45) is 5.92 Å². The van der Waals surface area contributed by atoms with Crippen LogP contribution in [-0.2, 0) is 6.42 Å². The molecule has 0 bridgehead atoms. The Morgan fingerprint density at radius 3 is 2.50 bits per heavy atom. The van der Waals surface area contributed by atoms with Crippen LogP contribution in [0.4, 0.5) is 0 Å². The minimum Gasteiger partial charge on any atom is -0.122 e. The van der Waals surface area contributed by atoms with E-state index >= 15 is 0 Å². The summed E-state index contributed by atoms with van der Waals surface area (Å²) in [6.07, 6.45) is 2.22. The van der Waals surface area contributed by atoms with Crippen molar-refractivity contribution < 1.29 is 0 Å². The third kappa shape index (κ3) is 2.91. The Kier molecular flexibility index (Phi) is 3.85. The molecule has 0 heterocycles. The monoisotopic (exact) mass is 284 g/mol. The van der Waals surface area contributed by atoms with E-state index in [0.717, 1.165) is 6.42 Å². The Bertz CT molecular complexity index is 588. The smallest absolute Gasteiger partial charge is 0.0410 e. The summed E-state index contributed by atoms with van der Waals surface area (Å²) in [6.45, 7) is 4.33. The van der Waals surface area contributed by atoms with Crippen LogP contribution in [0.1, 0.15) is 34.6 Å². The van der Waals surface area contributed by atoms with Crippen molar-refractivity contribution in [1.29, 1.82) is 0 Å². The van der Waals surface area contributed by atoms with Gasteiger partial charge in [0.1, 0.15) is 0 Å². The van der Waals surface area contributed by atoms with Gasteiger partial charge in [-0.15, -0.1) is 11.6 Å². The molecule has 3 rings (SSSR count). The maximum Gasteiger partial charge on any atom is 0.0410 e. The number of hydrogen-bond acceptors (Lipinski definition) is 0. The maximum atomic E-state index is 6.65. The number of hydrogen-bond donors (Lipinski definition) is 0. The molecule has 0 nitrogen and oxygen atoms in total. The van der Waals surface area contributed by atoms with Crippen LogP contribution in [0, 0.1) is 19.8 Å². The number of alkyl halides is 1. The molecule has 1 aliphatic rings. The molecule has 1 aliphatic carbocycles. The highest BCUT2D eigenvalue weighted by Gasteiger charge is 2.42. The van der Waals surface area contributed by atoms with Gasteiger partial charge in [-0.3, -0.25) is 0 Å². The van der Waals surface area contributed by atoms with Gasteiger partial charge in [-0.1, -0.05) is 48.5 Å². The molecule has 2 aromatic carbocycles. The molecule has 1 fully saturated rings. The zero-order valence-electron chi connectivity index (χ0n) is 12.1. The van der Waals surface area contributed by atoms with Crippen molar-refractivity contribution >= 4 is 11.6 Å². The minimum absolute atomic E-state index is 0.252. The molecule has 0 spiro atoms. The highest BCUT2D eigenvalue weighted by Crippen LogP contribution is 2.51. The minimum atomic E-state index is 0.252.